The second-order valence-corrected chi connectivity index (χ2v) is 11.1. The second kappa shape index (κ2) is 8.32. The van der Waals surface area contributed by atoms with E-state index in [0.29, 0.717) is 29.5 Å². The number of ether oxygens (including phenoxy) is 1. The zero-order chi connectivity index (χ0) is 22.4. The molecule has 0 aromatic rings. The SMILES string of the molecule is C[C@]12CCC(=O)C[C@H]1CC[C@@H]1[C@H]3CC[C@H](C(=O)COC(=O)CCC(=O)O)[C@@]3(C)CC[C@@H]12. The number of carboxylic acids is 1. The maximum atomic E-state index is 13.0. The molecule has 0 bridgehead atoms. The Morgan fingerprint density at radius 3 is 2.45 bits per heavy atom. The molecular formula is C25H36O6. The van der Waals surface area contributed by atoms with Crippen LogP contribution in [0.5, 0.6) is 0 Å². The number of hydrogen-bond acceptors (Lipinski definition) is 5. The summed E-state index contributed by atoms with van der Waals surface area (Å²) in [5.41, 5.74) is 0.222. The van der Waals surface area contributed by atoms with Crippen LogP contribution in [0.25, 0.3) is 0 Å². The Morgan fingerprint density at radius 2 is 1.71 bits per heavy atom. The van der Waals surface area contributed by atoms with E-state index in [1.165, 1.54) is 6.42 Å². The number of carbonyl (C=O) groups excluding carboxylic acids is 3. The van der Waals surface area contributed by atoms with Gasteiger partial charge in [0, 0.05) is 18.8 Å². The molecule has 31 heavy (non-hydrogen) atoms. The fourth-order valence-electron chi connectivity index (χ4n) is 8.11. The first kappa shape index (κ1) is 22.5. The molecule has 0 aliphatic heterocycles. The first-order valence-electron chi connectivity index (χ1n) is 12.1. The van der Waals surface area contributed by atoms with Gasteiger partial charge in [-0.05, 0) is 79.4 Å². The number of hydrogen-bond donors (Lipinski definition) is 1. The molecule has 0 radical (unpaired) electrons. The van der Waals surface area contributed by atoms with E-state index in [1.807, 2.05) is 0 Å². The number of Topliss-reactive ketones (excluding diaryl/α,β-unsaturated/α-hetero) is 2. The standard InChI is InChI=1S/C25H36O6/c1-24-11-9-16(26)13-15(24)3-4-17-18-5-6-20(25(18,2)12-10-19(17)24)21(27)14-31-23(30)8-7-22(28)29/h15,17-20H,3-14H2,1-2H3,(H,28,29)/t15-,17-,18-,19+,20-,24+,25+/m1/s1. The smallest absolute Gasteiger partial charge is 0.306 e. The fraction of sp³-hybridized carbons (Fsp3) is 0.840. The van der Waals surface area contributed by atoms with E-state index in [4.69, 9.17) is 9.84 Å². The van der Waals surface area contributed by atoms with Gasteiger partial charge in [-0.2, -0.15) is 0 Å². The van der Waals surface area contributed by atoms with E-state index in [2.05, 4.69) is 13.8 Å². The van der Waals surface area contributed by atoms with Gasteiger partial charge in [-0.3, -0.25) is 19.2 Å². The summed E-state index contributed by atoms with van der Waals surface area (Å²) in [5, 5.41) is 8.68. The third-order valence-corrected chi connectivity index (χ3v) is 9.79. The molecule has 0 spiro atoms. The Hall–Kier alpha value is -1.72. The van der Waals surface area contributed by atoms with Crippen LogP contribution < -0.4 is 0 Å². The summed E-state index contributed by atoms with van der Waals surface area (Å²) >= 11 is 0. The normalized spacial score (nSPS) is 41.6. The molecule has 0 amide bonds. The predicted octanol–water partition coefficient (Wildman–Crippen LogP) is 4.19. The molecule has 1 N–H and O–H groups in total. The average molecular weight is 433 g/mol. The third kappa shape index (κ3) is 3.95. The van der Waals surface area contributed by atoms with Crippen molar-refractivity contribution in [2.24, 2.45) is 40.4 Å². The molecule has 7 atom stereocenters. The minimum absolute atomic E-state index is 0.00437. The Kier molecular flexibility index (Phi) is 6.04. The van der Waals surface area contributed by atoms with Crippen LogP contribution in [0.2, 0.25) is 0 Å². The number of rotatable bonds is 6. The topological polar surface area (TPSA) is 97.7 Å². The molecule has 6 nitrogen and oxygen atoms in total. The highest BCUT2D eigenvalue weighted by Gasteiger charge is 2.61. The van der Waals surface area contributed by atoms with Gasteiger partial charge in [-0.15, -0.1) is 0 Å². The Morgan fingerprint density at radius 1 is 0.968 bits per heavy atom. The number of fused-ring (bicyclic) bond motifs is 5. The van der Waals surface area contributed by atoms with Gasteiger partial charge in [-0.25, -0.2) is 0 Å². The zero-order valence-electron chi connectivity index (χ0n) is 18.9. The van der Waals surface area contributed by atoms with Crippen molar-refractivity contribution in [3.63, 3.8) is 0 Å². The fourth-order valence-corrected chi connectivity index (χ4v) is 8.11. The molecule has 4 rings (SSSR count). The lowest BCUT2D eigenvalue weighted by atomic mass is 9.44. The quantitative estimate of drug-likeness (QED) is 0.632. The first-order valence-corrected chi connectivity index (χ1v) is 12.1. The zero-order valence-corrected chi connectivity index (χ0v) is 18.9. The summed E-state index contributed by atoms with van der Waals surface area (Å²) in [6.07, 6.45) is 8.41. The van der Waals surface area contributed by atoms with Gasteiger partial charge in [0.15, 0.2) is 5.78 Å². The van der Waals surface area contributed by atoms with Crippen molar-refractivity contribution in [1.29, 1.82) is 0 Å². The minimum Gasteiger partial charge on any atom is -0.481 e. The van der Waals surface area contributed by atoms with Crippen LogP contribution in [0.15, 0.2) is 0 Å². The van der Waals surface area contributed by atoms with Gasteiger partial charge in [-0.1, -0.05) is 13.8 Å². The Balaban J connectivity index is 1.41. The van der Waals surface area contributed by atoms with Gasteiger partial charge in [0.05, 0.1) is 12.8 Å². The van der Waals surface area contributed by atoms with E-state index in [-0.39, 0.29) is 42.0 Å². The van der Waals surface area contributed by atoms with E-state index < -0.39 is 11.9 Å². The highest BCUT2D eigenvalue weighted by molar-refractivity contribution is 5.86. The van der Waals surface area contributed by atoms with Crippen LogP contribution in [-0.2, 0) is 23.9 Å². The molecule has 4 aliphatic carbocycles. The largest absolute Gasteiger partial charge is 0.481 e. The molecular weight excluding hydrogens is 396 g/mol. The van der Waals surface area contributed by atoms with Crippen LogP contribution >= 0.6 is 0 Å². The van der Waals surface area contributed by atoms with Gasteiger partial charge in [0.1, 0.15) is 12.4 Å². The lowest BCUT2D eigenvalue weighted by Crippen LogP contribution is -2.54. The number of esters is 1. The maximum absolute atomic E-state index is 13.0. The summed E-state index contributed by atoms with van der Waals surface area (Å²) in [7, 11) is 0. The minimum atomic E-state index is -1.04. The maximum Gasteiger partial charge on any atom is 0.306 e. The predicted molar refractivity (Wildman–Crippen MR) is 113 cm³/mol. The van der Waals surface area contributed by atoms with E-state index in [1.54, 1.807) is 0 Å². The van der Waals surface area contributed by atoms with Crippen molar-refractivity contribution in [3.05, 3.63) is 0 Å². The van der Waals surface area contributed by atoms with Crippen molar-refractivity contribution < 1.29 is 29.0 Å². The van der Waals surface area contributed by atoms with Crippen LogP contribution in [0, 0.1) is 40.4 Å². The molecule has 0 aromatic heterocycles. The Labute approximate surface area is 184 Å². The molecule has 0 saturated heterocycles. The average Bonchev–Trinajstić information content (AvgIpc) is 3.08. The van der Waals surface area contributed by atoms with Crippen LogP contribution in [0.3, 0.4) is 0 Å². The van der Waals surface area contributed by atoms with Crippen LogP contribution in [-0.4, -0.2) is 35.2 Å². The Bertz CT molecular complexity index is 774. The van der Waals surface area contributed by atoms with Crippen molar-refractivity contribution in [2.75, 3.05) is 6.61 Å². The number of aliphatic carboxylic acids is 1. The van der Waals surface area contributed by atoms with Crippen molar-refractivity contribution in [1.82, 2.24) is 0 Å². The molecule has 172 valence electrons. The van der Waals surface area contributed by atoms with Gasteiger partial charge < -0.3 is 9.84 Å². The van der Waals surface area contributed by atoms with Crippen LogP contribution in [0.4, 0.5) is 0 Å². The molecule has 4 fully saturated rings. The number of ketones is 2. The summed E-state index contributed by atoms with van der Waals surface area (Å²) in [4.78, 5) is 47.4. The molecule has 4 saturated carbocycles. The van der Waals surface area contributed by atoms with Gasteiger partial charge >= 0.3 is 11.9 Å². The van der Waals surface area contributed by atoms with Gasteiger partial charge in [0.2, 0.25) is 0 Å². The molecule has 0 unspecified atom stereocenters. The summed E-state index contributed by atoms with van der Waals surface area (Å²) in [5.74, 6) is 1.03. The lowest BCUT2D eigenvalue weighted by Gasteiger charge is -2.60. The molecule has 0 heterocycles. The molecule has 4 aliphatic rings. The second-order valence-electron chi connectivity index (χ2n) is 11.1. The monoisotopic (exact) mass is 432 g/mol. The molecule has 6 heteroatoms. The van der Waals surface area contributed by atoms with E-state index in [0.717, 1.165) is 51.4 Å². The van der Waals surface area contributed by atoms with E-state index in [9.17, 15) is 19.2 Å². The highest BCUT2D eigenvalue weighted by atomic mass is 16.5. The lowest BCUT2D eigenvalue weighted by molar-refractivity contribution is -0.154. The summed E-state index contributed by atoms with van der Waals surface area (Å²) in [6, 6.07) is 0. The highest BCUT2D eigenvalue weighted by Crippen LogP contribution is 2.67. The third-order valence-electron chi connectivity index (χ3n) is 9.79. The van der Waals surface area contributed by atoms with Crippen molar-refractivity contribution >= 4 is 23.5 Å². The van der Waals surface area contributed by atoms with Crippen LogP contribution in [0.1, 0.15) is 84.5 Å². The van der Waals surface area contributed by atoms with E-state index >= 15 is 0 Å². The van der Waals surface area contributed by atoms with Crippen molar-refractivity contribution in [2.45, 2.75) is 84.5 Å². The summed E-state index contributed by atoms with van der Waals surface area (Å²) < 4.78 is 5.11. The number of carbonyl (C=O) groups is 4. The first-order chi connectivity index (χ1) is 14.6. The van der Waals surface area contributed by atoms with Gasteiger partial charge in [0.25, 0.3) is 0 Å². The number of carboxylic acid groups (broad SMARTS) is 1. The van der Waals surface area contributed by atoms with Crippen molar-refractivity contribution in [3.8, 4) is 0 Å². The summed E-state index contributed by atoms with van der Waals surface area (Å²) in [6.45, 7) is 4.47. The molecule has 0 aromatic carbocycles.